The van der Waals surface area contributed by atoms with Gasteiger partial charge in [-0.1, -0.05) is 6.07 Å². The van der Waals surface area contributed by atoms with E-state index in [1.165, 1.54) is 10.6 Å². The van der Waals surface area contributed by atoms with Crippen molar-refractivity contribution in [2.75, 3.05) is 13.2 Å². The molecule has 0 bridgehead atoms. The van der Waals surface area contributed by atoms with Crippen LogP contribution in [-0.4, -0.2) is 29.1 Å². The molecule has 0 fully saturated rings. The SMILES string of the molecule is Cc1cc(-c2cc(CCO)ccc2OCC(F)(F)F)cn(C)c1=O. The number of ether oxygens (including phenoxy) is 1. The molecule has 0 atom stereocenters. The summed E-state index contributed by atoms with van der Waals surface area (Å²) >= 11 is 0. The standard InChI is InChI=1S/C17H18F3NO3/c1-11-7-13(9-21(2)16(11)23)14-8-12(5-6-22)3-4-15(14)24-10-17(18,19)20/h3-4,7-9,22H,5-6,10H2,1-2H3. The maximum Gasteiger partial charge on any atom is 0.422 e. The van der Waals surface area contributed by atoms with Crippen molar-refractivity contribution in [3.8, 4) is 16.9 Å². The average Bonchev–Trinajstić information content (AvgIpc) is 2.50. The van der Waals surface area contributed by atoms with E-state index in [-0.39, 0.29) is 17.9 Å². The van der Waals surface area contributed by atoms with Gasteiger partial charge >= 0.3 is 6.18 Å². The summed E-state index contributed by atoms with van der Waals surface area (Å²) in [4.78, 5) is 11.8. The van der Waals surface area contributed by atoms with E-state index >= 15 is 0 Å². The molecule has 1 N–H and O–H groups in total. The highest BCUT2D eigenvalue weighted by Crippen LogP contribution is 2.32. The second-order valence-corrected chi connectivity index (χ2v) is 5.54. The normalized spacial score (nSPS) is 11.6. The van der Waals surface area contributed by atoms with Crippen LogP contribution in [0.15, 0.2) is 35.3 Å². The summed E-state index contributed by atoms with van der Waals surface area (Å²) in [5.41, 5.74) is 2.08. The van der Waals surface area contributed by atoms with Crippen molar-refractivity contribution in [2.24, 2.45) is 7.05 Å². The van der Waals surface area contributed by atoms with Crippen LogP contribution < -0.4 is 10.3 Å². The number of rotatable bonds is 5. The summed E-state index contributed by atoms with van der Waals surface area (Å²) in [6.07, 6.45) is -2.52. The van der Waals surface area contributed by atoms with Gasteiger partial charge in [-0.15, -0.1) is 0 Å². The summed E-state index contributed by atoms with van der Waals surface area (Å²) in [7, 11) is 1.58. The van der Waals surface area contributed by atoms with Crippen LogP contribution in [0.5, 0.6) is 5.75 Å². The largest absolute Gasteiger partial charge is 0.483 e. The molecule has 0 amide bonds. The fourth-order valence-corrected chi connectivity index (χ4v) is 2.40. The van der Waals surface area contributed by atoms with Crippen LogP contribution in [0.1, 0.15) is 11.1 Å². The monoisotopic (exact) mass is 341 g/mol. The highest BCUT2D eigenvalue weighted by Gasteiger charge is 2.29. The van der Waals surface area contributed by atoms with Gasteiger partial charge < -0.3 is 14.4 Å². The highest BCUT2D eigenvalue weighted by atomic mass is 19.4. The molecule has 0 saturated carbocycles. The number of nitrogens with zero attached hydrogens (tertiary/aromatic N) is 1. The highest BCUT2D eigenvalue weighted by molar-refractivity contribution is 5.71. The molecule has 0 radical (unpaired) electrons. The number of aliphatic hydroxyl groups is 1. The molecule has 1 heterocycles. The fraction of sp³-hybridized carbons (Fsp3) is 0.353. The van der Waals surface area contributed by atoms with Gasteiger partial charge in [-0.2, -0.15) is 13.2 Å². The molecular formula is C17H18F3NO3. The summed E-state index contributed by atoms with van der Waals surface area (Å²) in [5.74, 6) is 0.0760. The fourth-order valence-electron chi connectivity index (χ4n) is 2.40. The molecule has 0 unspecified atom stereocenters. The van der Waals surface area contributed by atoms with Gasteiger partial charge in [-0.25, -0.2) is 0 Å². The Morgan fingerprint density at radius 1 is 1.25 bits per heavy atom. The van der Waals surface area contributed by atoms with E-state index in [9.17, 15) is 18.0 Å². The van der Waals surface area contributed by atoms with Crippen molar-refractivity contribution < 1.29 is 23.0 Å². The number of aromatic nitrogens is 1. The van der Waals surface area contributed by atoms with Crippen molar-refractivity contribution in [2.45, 2.75) is 19.5 Å². The van der Waals surface area contributed by atoms with Crippen LogP contribution in [0.25, 0.3) is 11.1 Å². The quantitative estimate of drug-likeness (QED) is 0.910. The van der Waals surface area contributed by atoms with Gasteiger partial charge in [0.25, 0.3) is 5.56 Å². The number of hydrogen-bond acceptors (Lipinski definition) is 3. The lowest BCUT2D eigenvalue weighted by Crippen LogP contribution is -2.20. The Kier molecular flexibility index (Phi) is 5.33. The molecule has 0 saturated heterocycles. The lowest BCUT2D eigenvalue weighted by Gasteiger charge is -2.15. The van der Waals surface area contributed by atoms with Crippen LogP contribution >= 0.6 is 0 Å². The van der Waals surface area contributed by atoms with E-state index in [1.54, 1.807) is 38.4 Å². The van der Waals surface area contributed by atoms with Gasteiger partial charge in [0.1, 0.15) is 5.75 Å². The second kappa shape index (κ2) is 7.09. The van der Waals surface area contributed by atoms with E-state index < -0.39 is 12.8 Å². The lowest BCUT2D eigenvalue weighted by molar-refractivity contribution is -0.153. The Morgan fingerprint density at radius 2 is 1.96 bits per heavy atom. The van der Waals surface area contributed by atoms with Gasteiger partial charge in [0.15, 0.2) is 6.61 Å². The average molecular weight is 341 g/mol. The molecule has 7 heteroatoms. The van der Waals surface area contributed by atoms with Crippen LogP contribution in [0.4, 0.5) is 13.2 Å². The number of benzene rings is 1. The molecule has 2 rings (SSSR count). The minimum Gasteiger partial charge on any atom is -0.483 e. The number of hydrogen-bond donors (Lipinski definition) is 1. The Bertz CT molecular complexity index is 755. The molecule has 130 valence electrons. The molecule has 1 aromatic heterocycles. The van der Waals surface area contributed by atoms with Crippen molar-refractivity contribution in [1.29, 1.82) is 0 Å². The van der Waals surface area contributed by atoms with E-state index in [2.05, 4.69) is 0 Å². The topological polar surface area (TPSA) is 51.5 Å². The maximum absolute atomic E-state index is 12.5. The smallest absolute Gasteiger partial charge is 0.422 e. The third kappa shape index (κ3) is 4.38. The van der Waals surface area contributed by atoms with Gasteiger partial charge in [-0.3, -0.25) is 4.79 Å². The molecule has 0 spiro atoms. The van der Waals surface area contributed by atoms with Gasteiger partial charge in [0.2, 0.25) is 0 Å². The number of alkyl halides is 3. The first-order valence-electron chi connectivity index (χ1n) is 7.32. The van der Waals surface area contributed by atoms with E-state index in [0.29, 0.717) is 23.1 Å². The molecule has 0 aliphatic heterocycles. The second-order valence-electron chi connectivity index (χ2n) is 5.54. The first kappa shape index (κ1) is 18.1. The van der Waals surface area contributed by atoms with Crippen LogP contribution in [0.3, 0.4) is 0 Å². The molecule has 24 heavy (non-hydrogen) atoms. The molecular weight excluding hydrogens is 323 g/mol. The molecule has 4 nitrogen and oxygen atoms in total. The number of aliphatic hydroxyl groups excluding tert-OH is 1. The number of halogens is 3. The predicted octanol–water partition coefficient (Wildman–Crippen LogP) is 2.84. The van der Waals surface area contributed by atoms with E-state index in [0.717, 1.165) is 5.56 Å². The predicted molar refractivity (Wildman–Crippen MR) is 84.2 cm³/mol. The van der Waals surface area contributed by atoms with E-state index in [4.69, 9.17) is 9.84 Å². The van der Waals surface area contributed by atoms with Crippen molar-refractivity contribution in [3.05, 3.63) is 51.9 Å². The zero-order valence-corrected chi connectivity index (χ0v) is 13.4. The summed E-state index contributed by atoms with van der Waals surface area (Å²) in [6.45, 7) is 0.165. The van der Waals surface area contributed by atoms with Crippen LogP contribution in [-0.2, 0) is 13.5 Å². The van der Waals surface area contributed by atoms with Crippen molar-refractivity contribution in [3.63, 3.8) is 0 Å². The Hall–Kier alpha value is -2.28. The third-order valence-corrected chi connectivity index (χ3v) is 3.51. The first-order chi connectivity index (χ1) is 11.2. The maximum atomic E-state index is 12.5. The Balaban J connectivity index is 2.51. The summed E-state index contributed by atoms with van der Waals surface area (Å²) in [5, 5.41) is 9.06. The number of aryl methyl sites for hydroxylation is 2. The number of pyridine rings is 1. The lowest BCUT2D eigenvalue weighted by atomic mass is 10.0. The zero-order valence-electron chi connectivity index (χ0n) is 13.4. The molecule has 0 aliphatic rings. The third-order valence-electron chi connectivity index (χ3n) is 3.51. The van der Waals surface area contributed by atoms with Crippen molar-refractivity contribution in [1.82, 2.24) is 4.57 Å². The molecule has 1 aromatic carbocycles. The van der Waals surface area contributed by atoms with Gasteiger partial charge in [-0.05, 0) is 37.1 Å². The molecule has 2 aromatic rings. The van der Waals surface area contributed by atoms with Crippen LogP contribution in [0.2, 0.25) is 0 Å². The molecule has 0 aliphatic carbocycles. The Labute approximate surface area is 137 Å². The minimum atomic E-state index is -4.44. The Morgan fingerprint density at radius 3 is 2.54 bits per heavy atom. The zero-order chi connectivity index (χ0) is 17.9. The minimum absolute atomic E-state index is 0.0749. The van der Waals surface area contributed by atoms with Gasteiger partial charge in [0, 0.05) is 36.5 Å². The van der Waals surface area contributed by atoms with E-state index in [1.807, 2.05) is 0 Å². The summed E-state index contributed by atoms with van der Waals surface area (Å²) < 4.78 is 43.7. The van der Waals surface area contributed by atoms with Crippen molar-refractivity contribution >= 4 is 0 Å². The van der Waals surface area contributed by atoms with Gasteiger partial charge in [0.05, 0.1) is 0 Å². The summed E-state index contributed by atoms with van der Waals surface area (Å²) in [6, 6.07) is 6.34. The first-order valence-corrected chi connectivity index (χ1v) is 7.32. The van der Waals surface area contributed by atoms with Crippen LogP contribution in [0, 0.1) is 6.92 Å².